The Morgan fingerprint density at radius 3 is 2.06 bits per heavy atom. The maximum Gasteiger partial charge on any atom is 0.416 e. The molecule has 0 radical (unpaired) electrons. The van der Waals surface area contributed by atoms with Gasteiger partial charge in [0.05, 0.1) is 5.56 Å². The van der Waals surface area contributed by atoms with E-state index in [-0.39, 0.29) is 0 Å². The molecule has 2 aromatic rings. The lowest BCUT2D eigenvalue weighted by atomic mass is 9.77. The van der Waals surface area contributed by atoms with Crippen molar-refractivity contribution in [3.63, 3.8) is 0 Å². The fraction of sp³-hybridized carbons (Fsp3) is 0.556. The number of hydrogen-bond donors (Lipinski definition) is 0. The van der Waals surface area contributed by atoms with E-state index in [4.69, 9.17) is 4.74 Å². The highest BCUT2D eigenvalue weighted by Crippen LogP contribution is 2.38. The molecule has 0 heterocycles. The second-order valence-electron chi connectivity index (χ2n) is 8.97. The van der Waals surface area contributed by atoms with Gasteiger partial charge in [0, 0.05) is 0 Å². The second kappa shape index (κ2) is 11.6. The minimum absolute atomic E-state index is 0.358. The zero-order valence-corrected chi connectivity index (χ0v) is 18.6. The van der Waals surface area contributed by atoms with Crippen LogP contribution >= 0.6 is 0 Å². The number of ether oxygens (including phenoxy) is 1. The van der Waals surface area contributed by atoms with Crippen molar-refractivity contribution in [2.75, 3.05) is 0 Å². The largest absolute Gasteiger partial charge is 0.489 e. The Morgan fingerprint density at radius 1 is 0.806 bits per heavy atom. The van der Waals surface area contributed by atoms with Crippen LogP contribution in [0.15, 0.2) is 48.5 Å². The number of halogens is 3. The lowest BCUT2D eigenvalue weighted by molar-refractivity contribution is -0.137. The molecule has 0 amide bonds. The van der Waals surface area contributed by atoms with E-state index in [2.05, 4.69) is 31.2 Å². The van der Waals surface area contributed by atoms with Crippen LogP contribution in [0.5, 0.6) is 5.75 Å². The average molecular weight is 433 g/mol. The van der Waals surface area contributed by atoms with Crippen LogP contribution in [0, 0.1) is 5.92 Å². The van der Waals surface area contributed by atoms with E-state index in [1.54, 1.807) is 0 Å². The molecule has 0 bridgehead atoms. The van der Waals surface area contributed by atoms with Crippen LogP contribution in [0.25, 0.3) is 0 Å². The number of hydrogen-bond acceptors (Lipinski definition) is 1. The van der Waals surface area contributed by atoms with Crippen LogP contribution in [0.3, 0.4) is 0 Å². The summed E-state index contributed by atoms with van der Waals surface area (Å²) in [6, 6.07) is 13.4. The molecular formula is C27H35F3O. The monoisotopic (exact) mass is 432 g/mol. The zero-order chi connectivity index (χ0) is 22.1. The van der Waals surface area contributed by atoms with Gasteiger partial charge in [-0.25, -0.2) is 0 Å². The first-order valence-electron chi connectivity index (χ1n) is 11.8. The third kappa shape index (κ3) is 7.59. The standard InChI is InChI=1S/C27H35F3O/c1-2-3-4-5-6-7-21-8-12-23(13-9-21)24-14-10-22(11-15-24)20-31-26-18-16-25(17-19-26)27(28,29)30/h10-11,14-19,21,23H,2-9,12-13,20H2,1H3/t21-,23-. The molecule has 0 spiro atoms. The third-order valence-corrected chi connectivity index (χ3v) is 6.60. The Kier molecular flexibility index (Phi) is 8.86. The smallest absolute Gasteiger partial charge is 0.416 e. The zero-order valence-electron chi connectivity index (χ0n) is 18.6. The molecule has 3 rings (SSSR count). The van der Waals surface area contributed by atoms with Gasteiger partial charge >= 0.3 is 6.18 Å². The maximum atomic E-state index is 12.6. The molecule has 0 aliphatic heterocycles. The molecule has 1 aliphatic rings. The molecule has 0 aromatic heterocycles. The molecule has 0 N–H and O–H groups in total. The van der Waals surface area contributed by atoms with Crippen molar-refractivity contribution in [3.05, 3.63) is 65.2 Å². The van der Waals surface area contributed by atoms with E-state index >= 15 is 0 Å². The Bertz CT molecular complexity index is 757. The van der Waals surface area contributed by atoms with Gasteiger partial charge in [0.2, 0.25) is 0 Å². The Hall–Kier alpha value is -1.97. The van der Waals surface area contributed by atoms with Crippen LogP contribution in [0.1, 0.15) is 93.7 Å². The van der Waals surface area contributed by atoms with E-state index in [1.165, 1.54) is 81.9 Å². The topological polar surface area (TPSA) is 9.23 Å². The summed E-state index contributed by atoms with van der Waals surface area (Å²) in [5, 5.41) is 0. The second-order valence-corrected chi connectivity index (χ2v) is 8.97. The van der Waals surface area contributed by atoms with Crippen LogP contribution in [-0.4, -0.2) is 0 Å². The molecule has 0 unspecified atom stereocenters. The van der Waals surface area contributed by atoms with Crippen molar-refractivity contribution in [2.24, 2.45) is 5.92 Å². The molecule has 1 saturated carbocycles. The van der Waals surface area contributed by atoms with E-state index in [0.717, 1.165) is 23.6 Å². The number of alkyl halides is 3. The predicted molar refractivity (Wildman–Crippen MR) is 120 cm³/mol. The number of unbranched alkanes of at least 4 members (excludes halogenated alkanes) is 4. The number of rotatable bonds is 10. The van der Waals surface area contributed by atoms with Gasteiger partial charge < -0.3 is 4.74 Å². The van der Waals surface area contributed by atoms with Crippen molar-refractivity contribution in [1.82, 2.24) is 0 Å². The van der Waals surface area contributed by atoms with Crippen molar-refractivity contribution in [1.29, 1.82) is 0 Å². The molecule has 1 aliphatic carbocycles. The minimum Gasteiger partial charge on any atom is -0.489 e. The van der Waals surface area contributed by atoms with Gasteiger partial charge in [-0.2, -0.15) is 13.2 Å². The lowest BCUT2D eigenvalue weighted by Gasteiger charge is -2.29. The predicted octanol–water partition coefficient (Wildman–Crippen LogP) is 8.92. The van der Waals surface area contributed by atoms with E-state index < -0.39 is 11.7 Å². The van der Waals surface area contributed by atoms with Crippen LogP contribution in [0.2, 0.25) is 0 Å². The molecular weight excluding hydrogens is 397 g/mol. The normalized spacial score (nSPS) is 19.4. The Balaban J connectivity index is 1.40. The third-order valence-electron chi connectivity index (χ3n) is 6.60. The SMILES string of the molecule is CCCCCCC[C@H]1CC[C@H](c2ccc(COc3ccc(C(F)(F)F)cc3)cc2)CC1. The fourth-order valence-electron chi connectivity index (χ4n) is 4.61. The quantitative estimate of drug-likeness (QED) is 0.341. The molecule has 1 nitrogen and oxygen atoms in total. The summed E-state index contributed by atoms with van der Waals surface area (Å²) in [5.41, 5.74) is 1.78. The van der Waals surface area contributed by atoms with Crippen molar-refractivity contribution in [2.45, 2.75) is 89.8 Å². The van der Waals surface area contributed by atoms with Gasteiger partial charge in [0.15, 0.2) is 0 Å². The fourth-order valence-corrected chi connectivity index (χ4v) is 4.61. The maximum absolute atomic E-state index is 12.6. The van der Waals surface area contributed by atoms with Gasteiger partial charge in [0.1, 0.15) is 12.4 Å². The summed E-state index contributed by atoms with van der Waals surface area (Å²) >= 11 is 0. The summed E-state index contributed by atoms with van der Waals surface area (Å²) in [6.07, 6.45) is 9.19. The molecule has 4 heteroatoms. The summed E-state index contributed by atoms with van der Waals surface area (Å²) in [6.45, 7) is 2.62. The van der Waals surface area contributed by atoms with Gasteiger partial charge in [-0.1, -0.05) is 69.7 Å². The first-order chi connectivity index (χ1) is 15.0. The molecule has 31 heavy (non-hydrogen) atoms. The van der Waals surface area contributed by atoms with Crippen molar-refractivity contribution >= 4 is 0 Å². The van der Waals surface area contributed by atoms with Crippen LogP contribution in [0.4, 0.5) is 13.2 Å². The summed E-state index contributed by atoms with van der Waals surface area (Å²) < 4.78 is 43.6. The van der Waals surface area contributed by atoms with E-state index in [9.17, 15) is 13.2 Å². The van der Waals surface area contributed by atoms with Crippen molar-refractivity contribution < 1.29 is 17.9 Å². The lowest BCUT2D eigenvalue weighted by Crippen LogP contribution is -2.13. The molecule has 1 fully saturated rings. The molecule has 0 saturated heterocycles. The summed E-state index contributed by atoms with van der Waals surface area (Å²) in [4.78, 5) is 0. The van der Waals surface area contributed by atoms with Crippen LogP contribution in [-0.2, 0) is 12.8 Å². The Labute approximate surface area is 185 Å². The van der Waals surface area contributed by atoms with Gasteiger partial charge in [0.25, 0.3) is 0 Å². The highest BCUT2D eigenvalue weighted by atomic mass is 19.4. The van der Waals surface area contributed by atoms with Crippen molar-refractivity contribution in [3.8, 4) is 5.75 Å². The summed E-state index contributed by atoms with van der Waals surface area (Å²) in [7, 11) is 0. The minimum atomic E-state index is -4.32. The molecule has 0 atom stereocenters. The Morgan fingerprint density at radius 2 is 1.45 bits per heavy atom. The summed E-state index contributed by atoms with van der Waals surface area (Å²) in [5.74, 6) is 2.01. The average Bonchev–Trinajstić information content (AvgIpc) is 2.78. The van der Waals surface area contributed by atoms with Crippen LogP contribution < -0.4 is 4.74 Å². The highest BCUT2D eigenvalue weighted by Gasteiger charge is 2.30. The first-order valence-corrected chi connectivity index (χ1v) is 11.8. The van der Waals surface area contributed by atoms with Gasteiger partial charge in [-0.05, 0) is 72.9 Å². The van der Waals surface area contributed by atoms with Gasteiger partial charge in [-0.15, -0.1) is 0 Å². The van der Waals surface area contributed by atoms with Gasteiger partial charge in [-0.3, -0.25) is 0 Å². The number of benzene rings is 2. The molecule has 170 valence electrons. The first kappa shape index (κ1) is 23.7. The van der Waals surface area contributed by atoms with E-state index in [0.29, 0.717) is 18.3 Å². The highest BCUT2D eigenvalue weighted by molar-refractivity contribution is 5.30. The molecule has 2 aromatic carbocycles. The van der Waals surface area contributed by atoms with E-state index in [1.807, 2.05) is 0 Å².